The zero-order valence-corrected chi connectivity index (χ0v) is 17.6. The number of unbranched alkanes of at least 4 members (excludes halogenated alkanes) is 15. The standard InChI is InChI=1S/C20H43O3P.CH4/c1-4-5-6-7-8-9-10-11-12-13-14-15-16-17-18-19-20-24(21,22-2)23-3;/h4-20H2,1-3H3;1H4. The average molecular weight is 379 g/mol. The highest BCUT2D eigenvalue weighted by Crippen LogP contribution is 2.47. The van der Waals surface area contributed by atoms with Crippen LogP contribution in [0, 0.1) is 0 Å². The van der Waals surface area contributed by atoms with Gasteiger partial charge in [-0.15, -0.1) is 0 Å². The fourth-order valence-electron chi connectivity index (χ4n) is 3.11. The third-order valence-corrected chi connectivity index (χ3v) is 6.82. The van der Waals surface area contributed by atoms with E-state index in [0.29, 0.717) is 6.16 Å². The molecule has 0 aromatic rings. The molecule has 0 aliphatic rings. The van der Waals surface area contributed by atoms with E-state index in [2.05, 4.69) is 6.92 Å². The lowest BCUT2D eigenvalue weighted by Gasteiger charge is -2.12. The molecule has 3 nitrogen and oxygen atoms in total. The summed E-state index contributed by atoms with van der Waals surface area (Å²) < 4.78 is 21.7. The summed E-state index contributed by atoms with van der Waals surface area (Å²) in [4.78, 5) is 0. The molecular weight excluding hydrogens is 331 g/mol. The molecule has 0 saturated carbocycles. The summed E-state index contributed by atoms with van der Waals surface area (Å²) >= 11 is 0. The van der Waals surface area contributed by atoms with Gasteiger partial charge in [-0.3, -0.25) is 4.57 Å². The molecule has 0 heterocycles. The fraction of sp³-hybridized carbons (Fsp3) is 1.00. The smallest absolute Gasteiger partial charge is 0.312 e. The first-order chi connectivity index (χ1) is 11.7. The van der Waals surface area contributed by atoms with Crippen LogP contribution in [0.25, 0.3) is 0 Å². The lowest BCUT2D eigenvalue weighted by Crippen LogP contribution is -1.94. The second-order valence-electron chi connectivity index (χ2n) is 7.00. The first-order valence-corrected chi connectivity index (χ1v) is 12.1. The summed E-state index contributed by atoms with van der Waals surface area (Å²) in [6.07, 6.45) is 22.1. The second kappa shape index (κ2) is 20.5. The molecule has 0 bridgehead atoms. The van der Waals surface area contributed by atoms with Gasteiger partial charge in [0, 0.05) is 14.2 Å². The Morgan fingerprint density at radius 1 is 0.560 bits per heavy atom. The number of rotatable bonds is 19. The highest BCUT2D eigenvalue weighted by molar-refractivity contribution is 7.53. The van der Waals surface area contributed by atoms with Gasteiger partial charge >= 0.3 is 7.60 Å². The molecule has 0 aromatic heterocycles. The third-order valence-electron chi connectivity index (χ3n) is 4.84. The van der Waals surface area contributed by atoms with Crippen LogP contribution in [0.5, 0.6) is 0 Å². The van der Waals surface area contributed by atoms with Gasteiger partial charge in [0.15, 0.2) is 0 Å². The maximum Gasteiger partial charge on any atom is 0.330 e. The van der Waals surface area contributed by atoms with Gasteiger partial charge in [-0.05, 0) is 6.42 Å². The number of hydrogen-bond donors (Lipinski definition) is 0. The van der Waals surface area contributed by atoms with Gasteiger partial charge in [-0.1, -0.05) is 111 Å². The van der Waals surface area contributed by atoms with E-state index in [9.17, 15) is 4.57 Å². The summed E-state index contributed by atoms with van der Waals surface area (Å²) in [7, 11) is 0.169. The van der Waals surface area contributed by atoms with Crippen molar-refractivity contribution in [3.8, 4) is 0 Å². The normalized spacial score (nSPS) is 11.5. The average Bonchev–Trinajstić information content (AvgIpc) is 2.61. The van der Waals surface area contributed by atoms with Crippen LogP contribution in [0.4, 0.5) is 0 Å². The number of hydrogen-bond acceptors (Lipinski definition) is 3. The molecule has 0 unspecified atom stereocenters. The van der Waals surface area contributed by atoms with E-state index >= 15 is 0 Å². The predicted molar refractivity (Wildman–Crippen MR) is 113 cm³/mol. The van der Waals surface area contributed by atoms with Gasteiger partial charge in [-0.2, -0.15) is 0 Å². The Morgan fingerprint density at radius 2 is 0.840 bits per heavy atom. The zero-order chi connectivity index (χ0) is 17.9. The van der Waals surface area contributed by atoms with Gasteiger partial charge in [0.05, 0.1) is 6.16 Å². The summed E-state index contributed by atoms with van der Waals surface area (Å²) in [6, 6.07) is 0. The van der Waals surface area contributed by atoms with Crippen molar-refractivity contribution >= 4 is 7.60 Å². The highest BCUT2D eigenvalue weighted by Gasteiger charge is 2.19. The molecule has 25 heavy (non-hydrogen) atoms. The molecule has 0 atom stereocenters. The van der Waals surface area contributed by atoms with Crippen LogP contribution in [0.2, 0.25) is 0 Å². The Bertz CT molecular complexity index is 287. The molecule has 0 saturated heterocycles. The molecule has 0 aromatic carbocycles. The van der Waals surface area contributed by atoms with E-state index in [1.807, 2.05) is 0 Å². The Kier molecular flexibility index (Phi) is 22.4. The Labute approximate surface area is 159 Å². The molecule has 0 amide bonds. The van der Waals surface area contributed by atoms with Gasteiger partial charge in [-0.25, -0.2) is 0 Å². The van der Waals surface area contributed by atoms with Crippen molar-refractivity contribution < 1.29 is 13.6 Å². The van der Waals surface area contributed by atoms with E-state index in [0.717, 1.165) is 12.8 Å². The van der Waals surface area contributed by atoms with Crippen molar-refractivity contribution in [1.29, 1.82) is 0 Å². The van der Waals surface area contributed by atoms with Crippen molar-refractivity contribution in [3.63, 3.8) is 0 Å². The summed E-state index contributed by atoms with van der Waals surface area (Å²) in [5.41, 5.74) is 0. The lowest BCUT2D eigenvalue weighted by molar-refractivity contribution is 0.275. The minimum absolute atomic E-state index is 0. The van der Waals surface area contributed by atoms with Crippen LogP contribution in [0.15, 0.2) is 0 Å². The predicted octanol–water partition coefficient (Wildman–Crippen LogP) is 8.37. The Balaban J connectivity index is 0. The van der Waals surface area contributed by atoms with Crippen LogP contribution in [0.1, 0.15) is 117 Å². The second-order valence-corrected chi connectivity index (χ2v) is 9.40. The molecule has 154 valence electrons. The van der Waals surface area contributed by atoms with Gasteiger partial charge in [0.1, 0.15) is 0 Å². The van der Waals surface area contributed by atoms with E-state index in [4.69, 9.17) is 9.05 Å². The van der Waals surface area contributed by atoms with Crippen LogP contribution in [-0.2, 0) is 13.6 Å². The van der Waals surface area contributed by atoms with E-state index < -0.39 is 7.60 Å². The Morgan fingerprint density at radius 3 is 1.12 bits per heavy atom. The van der Waals surface area contributed by atoms with Crippen molar-refractivity contribution in [2.75, 3.05) is 20.4 Å². The molecule has 0 spiro atoms. The van der Waals surface area contributed by atoms with Crippen LogP contribution < -0.4 is 0 Å². The maximum atomic E-state index is 11.9. The summed E-state index contributed by atoms with van der Waals surface area (Å²) in [6.45, 7) is 2.28. The van der Waals surface area contributed by atoms with Crippen molar-refractivity contribution in [3.05, 3.63) is 0 Å². The maximum absolute atomic E-state index is 11.9. The van der Waals surface area contributed by atoms with E-state index in [-0.39, 0.29) is 7.43 Å². The lowest BCUT2D eigenvalue weighted by atomic mass is 10.0. The van der Waals surface area contributed by atoms with Crippen LogP contribution in [0.3, 0.4) is 0 Å². The van der Waals surface area contributed by atoms with Crippen molar-refractivity contribution in [2.24, 2.45) is 0 Å². The minimum atomic E-state index is -2.77. The van der Waals surface area contributed by atoms with E-state index in [1.165, 1.54) is 104 Å². The summed E-state index contributed by atoms with van der Waals surface area (Å²) in [5, 5.41) is 0. The molecule has 0 radical (unpaired) electrons. The van der Waals surface area contributed by atoms with Gasteiger partial charge < -0.3 is 9.05 Å². The monoisotopic (exact) mass is 378 g/mol. The Hall–Kier alpha value is 0.150. The molecule has 0 rings (SSSR count). The largest absolute Gasteiger partial charge is 0.330 e. The first-order valence-electron chi connectivity index (χ1n) is 10.4. The molecule has 0 N–H and O–H groups in total. The van der Waals surface area contributed by atoms with Gasteiger partial charge in [0.25, 0.3) is 0 Å². The summed E-state index contributed by atoms with van der Waals surface area (Å²) in [5.74, 6) is 0. The molecule has 0 aliphatic carbocycles. The highest BCUT2D eigenvalue weighted by atomic mass is 31.2. The molecule has 4 heteroatoms. The third kappa shape index (κ3) is 18.7. The van der Waals surface area contributed by atoms with Crippen LogP contribution >= 0.6 is 7.60 Å². The van der Waals surface area contributed by atoms with Crippen molar-refractivity contribution in [2.45, 2.75) is 117 Å². The SMILES string of the molecule is C.CCCCCCCCCCCCCCCCCCP(=O)(OC)OC. The van der Waals surface area contributed by atoms with Crippen LogP contribution in [-0.4, -0.2) is 20.4 Å². The van der Waals surface area contributed by atoms with Crippen molar-refractivity contribution in [1.82, 2.24) is 0 Å². The molecular formula is C21H47O3P. The fourth-order valence-corrected chi connectivity index (χ4v) is 4.24. The molecule has 0 aliphatic heterocycles. The topological polar surface area (TPSA) is 35.5 Å². The molecule has 0 fully saturated rings. The van der Waals surface area contributed by atoms with E-state index in [1.54, 1.807) is 0 Å². The first kappa shape index (κ1) is 27.4. The zero-order valence-electron chi connectivity index (χ0n) is 16.7. The van der Waals surface area contributed by atoms with Gasteiger partial charge in [0.2, 0.25) is 0 Å². The quantitative estimate of drug-likeness (QED) is 0.167. The minimum Gasteiger partial charge on any atom is -0.312 e.